The topological polar surface area (TPSA) is 66.6 Å². The van der Waals surface area contributed by atoms with E-state index >= 15 is 0 Å². The van der Waals surface area contributed by atoms with Crippen molar-refractivity contribution in [1.29, 1.82) is 0 Å². The van der Waals surface area contributed by atoms with Gasteiger partial charge in [-0.15, -0.1) is 0 Å². The first kappa shape index (κ1) is 14.8. The van der Waals surface area contributed by atoms with Gasteiger partial charge in [-0.05, 0) is 31.6 Å². The number of carbonyl (C=O) groups is 1. The Balaban J connectivity index is 2.01. The van der Waals surface area contributed by atoms with Gasteiger partial charge < -0.3 is 15.7 Å². The van der Waals surface area contributed by atoms with E-state index in [-0.39, 0.29) is 30.0 Å². The minimum atomic E-state index is -0.361. The van der Waals surface area contributed by atoms with E-state index in [0.717, 1.165) is 44.9 Å². The molecule has 3 N–H and O–H groups in total. The summed E-state index contributed by atoms with van der Waals surface area (Å²) in [5.41, 5.74) is 6.22. The van der Waals surface area contributed by atoms with Gasteiger partial charge in [-0.1, -0.05) is 26.2 Å². The highest BCUT2D eigenvalue weighted by Gasteiger charge is 2.37. The van der Waals surface area contributed by atoms with Crippen LogP contribution in [0.15, 0.2) is 0 Å². The zero-order valence-electron chi connectivity index (χ0n) is 12.2. The number of amides is 1. The smallest absolute Gasteiger partial charge is 0.227 e. The lowest BCUT2D eigenvalue weighted by Gasteiger charge is -2.40. The van der Waals surface area contributed by atoms with E-state index in [1.54, 1.807) is 4.90 Å². The Morgan fingerprint density at radius 1 is 1.16 bits per heavy atom. The number of nitrogens with two attached hydrogens (primary N) is 1. The number of aliphatic hydroxyl groups excluding tert-OH is 1. The molecule has 0 aromatic heterocycles. The van der Waals surface area contributed by atoms with Crippen molar-refractivity contribution in [3.63, 3.8) is 0 Å². The molecule has 5 atom stereocenters. The minimum absolute atomic E-state index is 0.00863. The standard InChI is InChI=1S/C15H28N2O2/c1-10-6-5-7-11(14(10)16)15(19)17(2)12-8-3-4-9-13(12)18/h10-14,18H,3-9,16H2,1-2H3. The molecule has 0 heterocycles. The first-order valence-corrected chi connectivity index (χ1v) is 7.72. The molecule has 0 spiro atoms. The van der Waals surface area contributed by atoms with Crippen molar-refractivity contribution < 1.29 is 9.90 Å². The van der Waals surface area contributed by atoms with Crippen LogP contribution in [0.5, 0.6) is 0 Å². The maximum atomic E-state index is 12.6. The Labute approximate surface area is 116 Å². The molecule has 0 saturated heterocycles. The molecule has 0 bridgehead atoms. The van der Waals surface area contributed by atoms with Crippen LogP contribution in [-0.4, -0.2) is 41.1 Å². The number of likely N-dealkylation sites (N-methyl/N-ethyl adjacent to an activating group) is 1. The second-order valence-corrected chi connectivity index (χ2v) is 6.46. The van der Waals surface area contributed by atoms with Gasteiger partial charge in [0.2, 0.25) is 5.91 Å². The van der Waals surface area contributed by atoms with Gasteiger partial charge in [0.05, 0.1) is 18.1 Å². The number of hydrogen-bond acceptors (Lipinski definition) is 3. The highest BCUT2D eigenvalue weighted by atomic mass is 16.3. The summed E-state index contributed by atoms with van der Waals surface area (Å²) in [4.78, 5) is 14.4. The Kier molecular flexibility index (Phi) is 4.85. The molecule has 5 unspecified atom stereocenters. The molecular weight excluding hydrogens is 240 g/mol. The Morgan fingerprint density at radius 2 is 1.84 bits per heavy atom. The number of nitrogens with zero attached hydrogens (tertiary/aromatic N) is 1. The van der Waals surface area contributed by atoms with E-state index in [2.05, 4.69) is 6.92 Å². The first-order chi connectivity index (χ1) is 9.02. The van der Waals surface area contributed by atoms with Crippen LogP contribution in [-0.2, 0) is 4.79 Å². The highest BCUT2D eigenvalue weighted by Crippen LogP contribution is 2.31. The van der Waals surface area contributed by atoms with Crippen LogP contribution in [0.2, 0.25) is 0 Å². The van der Waals surface area contributed by atoms with Crippen molar-refractivity contribution in [3.05, 3.63) is 0 Å². The Hall–Kier alpha value is -0.610. The monoisotopic (exact) mass is 268 g/mol. The van der Waals surface area contributed by atoms with E-state index in [1.807, 2.05) is 7.05 Å². The summed E-state index contributed by atoms with van der Waals surface area (Å²) in [6, 6.07) is -0.0323. The summed E-state index contributed by atoms with van der Waals surface area (Å²) in [6.45, 7) is 2.14. The maximum Gasteiger partial charge on any atom is 0.227 e. The van der Waals surface area contributed by atoms with Crippen molar-refractivity contribution in [1.82, 2.24) is 4.90 Å². The molecule has 0 aliphatic heterocycles. The van der Waals surface area contributed by atoms with Crippen LogP contribution in [0.25, 0.3) is 0 Å². The number of aliphatic hydroxyl groups is 1. The molecule has 110 valence electrons. The van der Waals surface area contributed by atoms with E-state index in [1.165, 1.54) is 0 Å². The zero-order valence-corrected chi connectivity index (χ0v) is 12.2. The van der Waals surface area contributed by atoms with Crippen molar-refractivity contribution in [2.75, 3.05) is 7.05 Å². The molecule has 0 aromatic rings. The zero-order chi connectivity index (χ0) is 14.0. The van der Waals surface area contributed by atoms with Crippen molar-refractivity contribution in [2.24, 2.45) is 17.6 Å². The number of hydrogen-bond donors (Lipinski definition) is 2. The third-order valence-corrected chi connectivity index (χ3v) is 5.15. The molecule has 0 radical (unpaired) electrons. The lowest BCUT2D eigenvalue weighted by Crippen LogP contribution is -2.53. The van der Waals surface area contributed by atoms with E-state index in [0.29, 0.717) is 5.92 Å². The minimum Gasteiger partial charge on any atom is -0.391 e. The lowest BCUT2D eigenvalue weighted by molar-refractivity contribution is -0.142. The van der Waals surface area contributed by atoms with Crippen LogP contribution in [0.1, 0.15) is 51.9 Å². The van der Waals surface area contributed by atoms with Gasteiger partial charge in [-0.2, -0.15) is 0 Å². The molecule has 2 aliphatic carbocycles. The van der Waals surface area contributed by atoms with Crippen LogP contribution in [0.3, 0.4) is 0 Å². The predicted octanol–water partition coefficient (Wildman–Crippen LogP) is 1.51. The highest BCUT2D eigenvalue weighted by molar-refractivity contribution is 5.80. The first-order valence-electron chi connectivity index (χ1n) is 7.72. The van der Waals surface area contributed by atoms with Crippen LogP contribution >= 0.6 is 0 Å². The normalized spacial score (nSPS) is 39.9. The fourth-order valence-corrected chi connectivity index (χ4v) is 3.70. The fraction of sp³-hybridized carbons (Fsp3) is 0.933. The Bertz CT molecular complexity index is 321. The fourth-order valence-electron chi connectivity index (χ4n) is 3.70. The summed E-state index contributed by atoms with van der Waals surface area (Å²) >= 11 is 0. The van der Waals surface area contributed by atoms with Gasteiger partial charge in [0.25, 0.3) is 0 Å². The summed E-state index contributed by atoms with van der Waals surface area (Å²) in [6.07, 6.45) is 6.66. The van der Waals surface area contributed by atoms with Crippen LogP contribution < -0.4 is 5.73 Å². The van der Waals surface area contributed by atoms with Gasteiger partial charge in [0.1, 0.15) is 0 Å². The molecule has 1 amide bonds. The summed E-state index contributed by atoms with van der Waals surface area (Å²) in [5.74, 6) is 0.514. The molecule has 2 rings (SSSR count). The third kappa shape index (κ3) is 3.11. The van der Waals surface area contributed by atoms with Crippen molar-refractivity contribution in [3.8, 4) is 0 Å². The van der Waals surface area contributed by atoms with Crippen LogP contribution in [0.4, 0.5) is 0 Å². The second-order valence-electron chi connectivity index (χ2n) is 6.46. The van der Waals surface area contributed by atoms with E-state index in [9.17, 15) is 9.90 Å². The molecular formula is C15H28N2O2. The van der Waals surface area contributed by atoms with Gasteiger partial charge in [-0.25, -0.2) is 0 Å². The van der Waals surface area contributed by atoms with Gasteiger partial charge in [0.15, 0.2) is 0 Å². The second kappa shape index (κ2) is 6.23. The predicted molar refractivity (Wildman–Crippen MR) is 75.5 cm³/mol. The molecule has 4 nitrogen and oxygen atoms in total. The van der Waals surface area contributed by atoms with Gasteiger partial charge in [0, 0.05) is 13.1 Å². The summed E-state index contributed by atoms with van der Waals surface area (Å²) in [5, 5.41) is 10.1. The number of rotatable bonds is 2. The summed E-state index contributed by atoms with van der Waals surface area (Å²) in [7, 11) is 1.84. The van der Waals surface area contributed by atoms with Crippen molar-refractivity contribution >= 4 is 5.91 Å². The summed E-state index contributed by atoms with van der Waals surface area (Å²) < 4.78 is 0. The third-order valence-electron chi connectivity index (χ3n) is 5.15. The molecule has 2 aliphatic rings. The molecule has 2 saturated carbocycles. The van der Waals surface area contributed by atoms with Crippen LogP contribution in [0, 0.1) is 11.8 Å². The van der Waals surface area contributed by atoms with Gasteiger partial charge in [-0.3, -0.25) is 4.79 Å². The van der Waals surface area contributed by atoms with Crippen molar-refractivity contribution in [2.45, 2.75) is 70.1 Å². The largest absolute Gasteiger partial charge is 0.391 e. The average Bonchev–Trinajstić information content (AvgIpc) is 2.41. The quantitative estimate of drug-likeness (QED) is 0.798. The van der Waals surface area contributed by atoms with Gasteiger partial charge >= 0.3 is 0 Å². The molecule has 19 heavy (non-hydrogen) atoms. The average molecular weight is 268 g/mol. The SMILES string of the molecule is CC1CCCC(C(=O)N(C)C2CCCCC2O)C1N. The molecule has 4 heteroatoms. The number of carbonyl (C=O) groups excluding carboxylic acids is 1. The lowest BCUT2D eigenvalue weighted by atomic mass is 9.77. The van der Waals surface area contributed by atoms with E-state index in [4.69, 9.17) is 5.73 Å². The molecule has 0 aromatic carbocycles. The maximum absolute atomic E-state index is 12.6. The van der Waals surface area contributed by atoms with E-state index < -0.39 is 0 Å². The molecule has 2 fully saturated rings. The Morgan fingerprint density at radius 3 is 2.53 bits per heavy atom.